The minimum atomic E-state index is -0.393. The van der Waals surface area contributed by atoms with Gasteiger partial charge in [0, 0.05) is 30.8 Å². The number of aliphatic hydroxyl groups is 1. The molecule has 0 aliphatic carbocycles. The quantitative estimate of drug-likeness (QED) is 0.863. The number of nitrogens with zero attached hydrogens (tertiary/aromatic N) is 1. The molecule has 2 rings (SSSR count). The van der Waals surface area contributed by atoms with E-state index in [0.29, 0.717) is 5.92 Å². The Labute approximate surface area is 99.6 Å². The molecule has 2 unspecified atom stereocenters. The van der Waals surface area contributed by atoms with E-state index in [0.717, 1.165) is 18.7 Å². The Hall–Kier alpha value is -0.800. The molecule has 1 aromatic rings. The first-order chi connectivity index (χ1) is 7.63. The molecule has 0 spiro atoms. The summed E-state index contributed by atoms with van der Waals surface area (Å²) in [6.45, 7) is 3.16. The lowest BCUT2D eigenvalue weighted by Crippen LogP contribution is -2.31. The van der Waals surface area contributed by atoms with E-state index in [1.807, 2.05) is 0 Å². The van der Waals surface area contributed by atoms with Crippen LogP contribution in [0.25, 0.3) is 0 Å². The van der Waals surface area contributed by atoms with Crippen molar-refractivity contribution in [1.82, 2.24) is 0 Å². The van der Waals surface area contributed by atoms with E-state index in [1.54, 1.807) is 12.1 Å². The van der Waals surface area contributed by atoms with E-state index in [-0.39, 0.29) is 17.7 Å². The first kappa shape index (κ1) is 11.7. The van der Waals surface area contributed by atoms with Crippen molar-refractivity contribution in [2.75, 3.05) is 18.1 Å². The van der Waals surface area contributed by atoms with Gasteiger partial charge in [-0.05, 0) is 31.5 Å². The molecule has 1 aliphatic rings. The van der Waals surface area contributed by atoms with Crippen molar-refractivity contribution in [3.8, 4) is 0 Å². The van der Waals surface area contributed by atoms with E-state index >= 15 is 0 Å². The Morgan fingerprint density at radius 3 is 2.88 bits per heavy atom. The van der Waals surface area contributed by atoms with E-state index in [4.69, 9.17) is 11.6 Å². The highest BCUT2D eigenvalue weighted by Gasteiger charge is 2.30. The molecule has 16 heavy (non-hydrogen) atoms. The number of rotatable bonds is 2. The maximum Gasteiger partial charge on any atom is 0.141 e. The summed E-state index contributed by atoms with van der Waals surface area (Å²) >= 11 is 5.76. The zero-order valence-electron chi connectivity index (χ0n) is 9.16. The van der Waals surface area contributed by atoms with Gasteiger partial charge >= 0.3 is 0 Å². The number of hydrogen-bond donors (Lipinski definition) is 1. The summed E-state index contributed by atoms with van der Waals surface area (Å²) in [5, 5.41) is 9.34. The van der Waals surface area contributed by atoms with E-state index in [9.17, 15) is 9.50 Å². The Morgan fingerprint density at radius 1 is 1.56 bits per heavy atom. The Bertz CT molecular complexity index is 385. The topological polar surface area (TPSA) is 23.5 Å². The van der Waals surface area contributed by atoms with Gasteiger partial charge in [-0.25, -0.2) is 4.39 Å². The molecule has 0 aromatic heterocycles. The molecule has 1 saturated heterocycles. The first-order valence-corrected chi connectivity index (χ1v) is 5.84. The van der Waals surface area contributed by atoms with Crippen LogP contribution in [0.5, 0.6) is 0 Å². The summed E-state index contributed by atoms with van der Waals surface area (Å²) in [4.78, 5) is 2.16. The SMILES string of the molecule is CC1C(CO)CCN1c1ccc(F)c(Cl)c1. The molecule has 0 radical (unpaired) electrons. The fourth-order valence-corrected chi connectivity index (χ4v) is 2.45. The Morgan fingerprint density at radius 2 is 2.31 bits per heavy atom. The van der Waals surface area contributed by atoms with Crippen molar-refractivity contribution < 1.29 is 9.50 Å². The second-order valence-corrected chi connectivity index (χ2v) is 4.67. The summed E-state index contributed by atoms with van der Waals surface area (Å²) in [6.07, 6.45) is 0.965. The lowest BCUT2D eigenvalue weighted by molar-refractivity contribution is 0.221. The van der Waals surface area contributed by atoms with Crippen molar-refractivity contribution >= 4 is 17.3 Å². The number of benzene rings is 1. The Kier molecular flexibility index (Phi) is 3.36. The lowest BCUT2D eigenvalue weighted by Gasteiger charge is -2.26. The normalized spacial score (nSPS) is 25.1. The third-order valence-corrected chi connectivity index (χ3v) is 3.67. The van der Waals surface area contributed by atoms with Crippen molar-refractivity contribution in [2.24, 2.45) is 5.92 Å². The highest BCUT2D eigenvalue weighted by atomic mass is 35.5. The van der Waals surface area contributed by atoms with Crippen LogP contribution in [0.2, 0.25) is 5.02 Å². The van der Waals surface area contributed by atoms with E-state index in [1.165, 1.54) is 6.07 Å². The molecule has 88 valence electrons. The third kappa shape index (κ3) is 2.02. The smallest absolute Gasteiger partial charge is 0.141 e. The molecule has 2 atom stereocenters. The fraction of sp³-hybridized carbons (Fsp3) is 0.500. The van der Waals surface area contributed by atoms with Crippen LogP contribution in [0.15, 0.2) is 18.2 Å². The van der Waals surface area contributed by atoms with Crippen LogP contribution < -0.4 is 4.90 Å². The van der Waals surface area contributed by atoms with Crippen molar-refractivity contribution in [3.05, 3.63) is 29.0 Å². The van der Waals surface area contributed by atoms with Crippen LogP contribution in [-0.2, 0) is 0 Å². The van der Waals surface area contributed by atoms with Crippen molar-refractivity contribution in [3.63, 3.8) is 0 Å². The van der Waals surface area contributed by atoms with Crippen molar-refractivity contribution in [1.29, 1.82) is 0 Å². The van der Waals surface area contributed by atoms with Crippen LogP contribution in [0.4, 0.5) is 10.1 Å². The summed E-state index contributed by atoms with van der Waals surface area (Å²) in [6, 6.07) is 5.04. The lowest BCUT2D eigenvalue weighted by atomic mass is 10.0. The molecule has 0 saturated carbocycles. The molecule has 0 bridgehead atoms. The molecule has 0 amide bonds. The van der Waals surface area contributed by atoms with Gasteiger partial charge in [0.2, 0.25) is 0 Å². The monoisotopic (exact) mass is 243 g/mol. The van der Waals surface area contributed by atoms with Gasteiger partial charge in [-0.1, -0.05) is 11.6 Å². The third-order valence-electron chi connectivity index (χ3n) is 3.38. The predicted molar refractivity (Wildman–Crippen MR) is 63.4 cm³/mol. The molecular formula is C12H15ClFNO. The van der Waals surface area contributed by atoms with Gasteiger partial charge in [0.1, 0.15) is 5.82 Å². The molecule has 1 fully saturated rings. The molecule has 4 heteroatoms. The zero-order chi connectivity index (χ0) is 11.7. The second-order valence-electron chi connectivity index (χ2n) is 4.26. The predicted octanol–water partition coefficient (Wildman–Crippen LogP) is 2.69. The van der Waals surface area contributed by atoms with Gasteiger partial charge in [-0.15, -0.1) is 0 Å². The summed E-state index contributed by atoms with van der Waals surface area (Å²) in [5.74, 6) is -0.0974. The van der Waals surface area contributed by atoms with Crippen LogP contribution in [-0.4, -0.2) is 24.3 Å². The second kappa shape index (κ2) is 4.60. The van der Waals surface area contributed by atoms with Crippen molar-refractivity contribution in [2.45, 2.75) is 19.4 Å². The molecule has 1 aromatic carbocycles. The maximum absolute atomic E-state index is 13.0. The molecule has 1 heterocycles. The highest BCUT2D eigenvalue weighted by molar-refractivity contribution is 6.31. The average Bonchev–Trinajstić information content (AvgIpc) is 2.64. The van der Waals surface area contributed by atoms with E-state index in [2.05, 4.69) is 11.8 Å². The molecule has 2 nitrogen and oxygen atoms in total. The first-order valence-electron chi connectivity index (χ1n) is 5.46. The van der Waals surface area contributed by atoms with Gasteiger partial charge in [-0.3, -0.25) is 0 Å². The largest absolute Gasteiger partial charge is 0.396 e. The van der Waals surface area contributed by atoms with Crippen LogP contribution in [0.1, 0.15) is 13.3 Å². The number of aliphatic hydroxyl groups excluding tert-OH is 1. The van der Waals surface area contributed by atoms with Crippen LogP contribution in [0.3, 0.4) is 0 Å². The van der Waals surface area contributed by atoms with Gasteiger partial charge < -0.3 is 10.0 Å². The fourth-order valence-electron chi connectivity index (χ4n) is 2.28. The molecular weight excluding hydrogens is 229 g/mol. The van der Waals surface area contributed by atoms with Crippen LogP contribution in [0, 0.1) is 11.7 Å². The van der Waals surface area contributed by atoms with Gasteiger partial charge in [0.05, 0.1) is 5.02 Å². The summed E-state index contributed by atoms with van der Waals surface area (Å²) < 4.78 is 13.0. The number of hydrogen-bond acceptors (Lipinski definition) is 2. The van der Waals surface area contributed by atoms with Gasteiger partial charge in [-0.2, -0.15) is 0 Å². The highest BCUT2D eigenvalue weighted by Crippen LogP contribution is 2.31. The van der Waals surface area contributed by atoms with E-state index < -0.39 is 5.82 Å². The molecule has 1 N–H and O–H groups in total. The van der Waals surface area contributed by atoms with Gasteiger partial charge in [0.15, 0.2) is 0 Å². The zero-order valence-corrected chi connectivity index (χ0v) is 9.91. The van der Waals surface area contributed by atoms with Gasteiger partial charge in [0.25, 0.3) is 0 Å². The summed E-state index contributed by atoms with van der Waals surface area (Å²) in [5.41, 5.74) is 0.926. The minimum absolute atomic E-state index is 0.150. The summed E-state index contributed by atoms with van der Waals surface area (Å²) in [7, 11) is 0. The average molecular weight is 244 g/mol. The number of anilines is 1. The van der Waals surface area contributed by atoms with Crippen LogP contribution >= 0.6 is 11.6 Å². The minimum Gasteiger partial charge on any atom is -0.396 e. The maximum atomic E-state index is 13.0. The Balaban J connectivity index is 2.22. The number of halogens is 2. The standard InChI is InChI=1S/C12H15ClFNO/c1-8-9(7-16)4-5-15(8)10-2-3-12(14)11(13)6-10/h2-3,6,8-9,16H,4-5,7H2,1H3. The molecule has 1 aliphatic heterocycles.